The van der Waals surface area contributed by atoms with E-state index in [0.717, 1.165) is 52.3 Å². The third kappa shape index (κ3) is 4.75. The molecule has 168 valence electrons. The lowest BCUT2D eigenvalue weighted by molar-refractivity contribution is -0.115. The molecule has 0 fully saturated rings. The molecular formula is C26H23BrN2O3S. The number of carbonyl (C=O) groups is 2. The fraction of sp³-hybridized carbons (Fsp3) is 0.231. The monoisotopic (exact) mass is 522 g/mol. The van der Waals surface area contributed by atoms with Gasteiger partial charge < -0.3 is 15.1 Å². The largest absolute Gasteiger partial charge is 0.464 e. The van der Waals surface area contributed by atoms with E-state index in [-0.39, 0.29) is 18.2 Å². The van der Waals surface area contributed by atoms with Gasteiger partial charge in [-0.05, 0) is 55.0 Å². The Morgan fingerprint density at radius 3 is 2.79 bits per heavy atom. The van der Waals surface area contributed by atoms with Crippen molar-refractivity contribution in [2.24, 2.45) is 0 Å². The summed E-state index contributed by atoms with van der Waals surface area (Å²) in [4.78, 5) is 27.2. The molecule has 0 aliphatic heterocycles. The summed E-state index contributed by atoms with van der Waals surface area (Å²) in [5.41, 5.74) is 4.47. The van der Waals surface area contributed by atoms with Gasteiger partial charge in [0, 0.05) is 26.8 Å². The molecule has 1 aliphatic carbocycles. The zero-order chi connectivity index (χ0) is 22.8. The lowest BCUT2D eigenvalue weighted by Crippen LogP contribution is -2.27. The van der Waals surface area contributed by atoms with Gasteiger partial charge in [-0.15, -0.1) is 11.3 Å². The molecule has 0 saturated heterocycles. The summed E-state index contributed by atoms with van der Waals surface area (Å²) in [6, 6.07) is 15.8. The van der Waals surface area contributed by atoms with E-state index in [1.165, 1.54) is 21.8 Å². The molecule has 0 bridgehead atoms. The number of thiophene rings is 1. The molecule has 0 radical (unpaired) electrons. The second kappa shape index (κ2) is 9.53. The molecule has 5 nitrogen and oxygen atoms in total. The summed E-state index contributed by atoms with van der Waals surface area (Å²) in [5, 5.41) is 7.62. The molecule has 2 amide bonds. The predicted octanol–water partition coefficient (Wildman–Crippen LogP) is 5.90. The van der Waals surface area contributed by atoms with Gasteiger partial charge in [-0.3, -0.25) is 9.59 Å². The summed E-state index contributed by atoms with van der Waals surface area (Å²) >= 11 is 5.00. The first-order valence-electron chi connectivity index (χ1n) is 11.0. The molecular weight excluding hydrogens is 500 g/mol. The number of rotatable bonds is 7. The second-order valence-electron chi connectivity index (χ2n) is 8.18. The summed E-state index contributed by atoms with van der Waals surface area (Å²) in [6.45, 7) is 0.552. The van der Waals surface area contributed by atoms with E-state index in [4.69, 9.17) is 4.42 Å². The van der Waals surface area contributed by atoms with Crippen LogP contribution >= 0.6 is 27.3 Å². The van der Waals surface area contributed by atoms with E-state index >= 15 is 0 Å². The van der Waals surface area contributed by atoms with Crippen molar-refractivity contribution in [3.63, 3.8) is 0 Å². The molecule has 2 aromatic carbocycles. The lowest BCUT2D eigenvalue weighted by Gasteiger charge is -2.10. The van der Waals surface area contributed by atoms with Gasteiger partial charge in [-0.25, -0.2) is 0 Å². The predicted molar refractivity (Wildman–Crippen MR) is 135 cm³/mol. The Morgan fingerprint density at radius 1 is 1.09 bits per heavy atom. The molecule has 2 heterocycles. The van der Waals surface area contributed by atoms with Gasteiger partial charge >= 0.3 is 0 Å². The van der Waals surface area contributed by atoms with Crippen molar-refractivity contribution in [2.45, 2.75) is 32.1 Å². The molecule has 1 aliphatic rings. The van der Waals surface area contributed by atoms with Crippen molar-refractivity contribution in [1.82, 2.24) is 5.32 Å². The van der Waals surface area contributed by atoms with Crippen LogP contribution < -0.4 is 10.6 Å². The number of carbonyl (C=O) groups excluding carboxylic acids is 2. The van der Waals surface area contributed by atoms with Gasteiger partial charge in [0.05, 0.1) is 18.2 Å². The number of halogens is 1. The quantitative estimate of drug-likeness (QED) is 0.317. The maximum atomic E-state index is 13.1. The first-order valence-corrected chi connectivity index (χ1v) is 12.6. The molecule has 7 heteroatoms. The van der Waals surface area contributed by atoms with Gasteiger partial charge in [0.2, 0.25) is 5.91 Å². The van der Waals surface area contributed by atoms with Crippen molar-refractivity contribution in [3.05, 3.63) is 86.4 Å². The lowest BCUT2D eigenvalue weighted by atomic mass is 10.1. The van der Waals surface area contributed by atoms with Crippen molar-refractivity contribution in [2.75, 3.05) is 11.9 Å². The summed E-state index contributed by atoms with van der Waals surface area (Å²) in [6.07, 6.45) is 5.47. The molecule has 2 aromatic heterocycles. The molecule has 4 aromatic rings. The van der Waals surface area contributed by atoms with E-state index in [2.05, 4.69) is 38.7 Å². The van der Waals surface area contributed by atoms with E-state index in [0.29, 0.717) is 17.1 Å². The van der Waals surface area contributed by atoms with E-state index in [9.17, 15) is 9.59 Å². The molecule has 0 atom stereocenters. The normalized spacial score (nSPS) is 12.6. The summed E-state index contributed by atoms with van der Waals surface area (Å²) < 4.78 is 6.52. The Morgan fingerprint density at radius 2 is 1.94 bits per heavy atom. The van der Waals surface area contributed by atoms with Crippen LogP contribution in [0.15, 0.2) is 63.7 Å². The highest BCUT2D eigenvalue weighted by Crippen LogP contribution is 2.39. The zero-order valence-electron chi connectivity index (χ0n) is 17.9. The van der Waals surface area contributed by atoms with Crippen LogP contribution in [0.2, 0.25) is 0 Å². The van der Waals surface area contributed by atoms with E-state index in [1.54, 1.807) is 6.26 Å². The van der Waals surface area contributed by atoms with E-state index < -0.39 is 0 Å². The summed E-state index contributed by atoms with van der Waals surface area (Å²) in [5.74, 6) is -0.269. The van der Waals surface area contributed by atoms with Crippen LogP contribution in [-0.2, 0) is 30.5 Å². The molecule has 0 unspecified atom stereocenters. The Hall–Kier alpha value is -2.90. The average Bonchev–Trinajstić information content (AvgIpc) is 3.49. The maximum Gasteiger partial charge on any atom is 0.254 e. The molecule has 0 spiro atoms. The zero-order valence-corrected chi connectivity index (χ0v) is 20.4. The third-order valence-electron chi connectivity index (χ3n) is 5.91. The minimum absolute atomic E-state index is 0.113. The molecule has 2 N–H and O–H groups in total. The van der Waals surface area contributed by atoms with E-state index in [1.807, 2.05) is 36.4 Å². The fourth-order valence-electron chi connectivity index (χ4n) is 4.32. The van der Waals surface area contributed by atoms with Crippen LogP contribution in [-0.4, -0.2) is 18.4 Å². The van der Waals surface area contributed by atoms with Crippen LogP contribution in [0.3, 0.4) is 0 Å². The number of fused-ring (bicyclic) bond motifs is 2. The second-order valence-corrected chi connectivity index (χ2v) is 10.2. The number of furan rings is 1. The SMILES string of the molecule is O=C(Cc1coc2ccc(Br)cc12)Nc1sc2c(c1C(=O)NCCc1ccccc1)CCC2. The van der Waals surface area contributed by atoms with Crippen LogP contribution in [0.25, 0.3) is 11.0 Å². The number of benzene rings is 2. The number of anilines is 1. The maximum absolute atomic E-state index is 13.1. The molecule has 5 rings (SSSR count). The number of amides is 2. The highest BCUT2D eigenvalue weighted by atomic mass is 79.9. The first-order chi connectivity index (χ1) is 16.1. The molecule has 33 heavy (non-hydrogen) atoms. The first kappa shape index (κ1) is 21.9. The topological polar surface area (TPSA) is 71.3 Å². The van der Waals surface area contributed by atoms with Crippen molar-refractivity contribution >= 4 is 55.1 Å². The Labute approximate surface area is 204 Å². The third-order valence-corrected chi connectivity index (χ3v) is 7.61. The highest BCUT2D eigenvalue weighted by molar-refractivity contribution is 9.10. The Balaban J connectivity index is 1.30. The minimum atomic E-state index is -0.157. The standard InChI is InChI=1S/C26H23BrN2O3S/c27-18-9-10-21-20(14-18)17(15-32-21)13-23(30)29-26-24(19-7-4-8-22(19)33-26)25(31)28-12-11-16-5-2-1-3-6-16/h1-3,5-6,9-10,14-15H,4,7-8,11-13H2,(H,28,31)(H,29,30). The van der Waals surface area contributed by atoms with Crippen LogP contribution in [0.4, 0.5) is 5.00 Å². The minimum Gasteiger partial charge on any atom is -0.464 e. The van der Waals surface area contributed by atoms with Gasteiger partial charge in [0.25, 0.3) is 5.91 Å². The average molecular weight is 523 g/mol. The Kier molecular flexibility index (Phi) is 6.33. The molecule has 0 saturated carbocycles. The van der Waals surface area contributed by atoms with Gasteiger partial charge in [0.15, 0.2) is 0 Å². The highest BCUT2D eigenvalue weighted by Gasteiger charge is 2.27. The van der Waals surface area contributed by atoms with Crippen molar-refractivity contribution in [3.8, 4) is 0 Å². The number of hydrogen-bond donors (Lipinski definition) is 2. The number of hydrogen-bond acceptors (Lipinski definition) is 4. The summed E-state index contributed by atoms with van der Waals surface area (Å²) in [7, 11) is 0. The van der Waals surface area contributed by atoms with Crippen LogP contribution in [0.1, 0.15) is 38.3 Å². The van der Waals surface area contributed by atoms with Gasteiger partial charge in [-0.1, -0.05) is 46.3 Å². The van der Waals surface area contributed by atoms with Crippen molar-refractivity contribution < 1.29 is 14.0 Å². The van der Waals surface area contributed by atoms with Crippen LogP contribution in [0.5, 0.6) is 0 Å². The van der Waals surface area contributed by atoms with Crippen LogP contribution in [0, 0.1) is 0 Å². The number of aryl methyl sites for hydroxylation is 1. The Bertz CT molecular complexity index is 1330. The fourth-order valence-corrected chi connectivity index (χ4v) is 5.98. The van der Waals surface area contributed by atoms with Gasteiger partial charge in [-0.2, -0.15) is 0 Å². The number of nitrogens with one attached hydrogen (secondary N) is 2. The van der Waals surface area contributed by atoms with Gasteiger partial charge in [0.1, 0.15) is 10.6 Å². The smallest absolute Gasteiger partial charge is 0.254 e. The van der Waals surface area contributed by atoms with Crippen molar-refractivity contribution in [1.29, 1.82) is 0 Å².